The van der Waals surface area contributed by atoms with Crippen molar-refractivity contribution in [2.24, 2.45) is 11.8 Å². The largest absolute Gasteiger partial charge is 0.371 e. The van der Waals surface area contributed by atoms with Crippen LogP contribution in [0.5, 0.6) is 0 Å². The molecule has 2 heterocycles. The third-order valence-electron chi connectivity index (χ3n) is 5.41. The zero-order valence-electron chi connectivity index (χ0n) is 15.4. The maximum atomic E-state index is 12.0. The second-order valence-electron chi connectivity index (χ2n) is 7.62. The fourth-order valence-electron chi connectivity index (χ4n) is 3.99. The first-order chi connectivity index (χ1) is 12.2. The Hall–Kier alpha value is -1.75. The molecule has 2 saturated heterocycles. The first kappa shape index (κ1) is 18.1. The van der Waals surface area contributed by atoms with Crippen LogP contribution in [0.15, 0.2) is 30.3 Å². The summed E-state index contributed by atoms with van der Waals surface area (Å²) in [6.45, 7) is 9.21. The Morgan fingerprint density at radius 1 is 1.12 bits per heavy atom. The first-order valence-electron chi connectivity index (χ1n) is 9.75. The Labute approximate surface area is 151 Å². The number of nitrogens with zero attached hydrogens (tertiary/aromatic N) is 2. The van der Waals surface area contributed by atoms with Gasteiger partial charge in [0.1, 0.15) is 0 Å². The van der Waals surface area contributed by atoms with E-state index in [1.165, 1.54) is 31.6 Å². The number of anilines is 1. The SMILES string of the molecule is C[C@H]1CCCN(CCNC(=O)NC[C@@H]2CCN(c3ccccc3)C2)C1. The maximum Gasteiger partial charge on any atom is 0.314 e. The van der Waals surface area contributed by atoms with Gasteiger partial charge in [-0.1, -0.05) is 25.1 Å². The fraction of sp³-hybridized carbons (Fsp3) is 0.650. The number of nitrogens with one attached hydrogen (secondary N) is 2. The lowest BCUT2D eigenvalue weighted by molar-refractivity contribution is 0.183. The highest BCUT2D eigenvalue weighted by Crippen LogP contribution is 2.22. The summed E-state index contributed by atoms with van der Waals surface area (Å²) in [5, 5.41) is 6.05. The molecular weight excluding hydrogens is 312 g/mol. The molecule has 5 heteroatoms. The van der Waals surface area contributed by atoms with E-state index in [1.54, 1.807) is 0 Å². The molecular formula is C20H32N4O. The third kappa shape index (κ3) is 5.63. The van der Waals surface area contributed by atoms with E-state index >= 15 is 0 Å². The van der Waals surface area contributed by atoms with Gasteiger partial charge in [-0.25, -0.2) is 4.79 Å². The molecule has 2 amide bonds. The zero-order valence-corrected chi connectivity index (χ0v) is 15.4. The molecule has 1 aromatic rings. The van der Waals surface area contributed by atoms with Gasteiger partial charge in [-0.05, 0) is 49.8 Å². The number of amides is 2. The second kappa shape index (κ2) is 9.09. The van der Waals surface area contributed by atoms with Crippen molar-refractivity contribution in [2.45, 2.75) is 26.2 Å². The van der Waals surface area contributed by atoms with Crippen LogP contribution in [0.4, 0.5) is 10.5 Å². The minimum absolute atomic E-state index is 0.0248. The molecule has 138 valence electrons. The topological polar surface area (TPSA) is 47.6 Å². The third-order valence-corrected chi connectivity index (χ3v) is 5.41. The lowest BCUT2D eigenvalue weighted by Gasteiger charge is -2.30. The summed E-state index contributed by atoms with van der Waals surface area (Å²) in [5.41, 5.74) is 1.28. The number of para-hydroxylation sites is 1. The van der Waals surface area contributed by atoms with E-state index in [0.717, 1.165) is 45.1 Å². The van der Waals surface area contributed by atoms with Crippen molar-refractivity contribution in [1.82, 2.24) is 15.5 Å². The van der Waals surface area contributed by atoms with Crippen molar-refractivity contribution in [3.05, 3.63) is 30.3 Å². The van der Waals surface area contributed by atoms with Gasteiger partial charge in [0.25, 0.3) is 0 Å². The van der Waals surface area contributed by atoms with Crippen molar-refractivity contribution in [1.29, 1.82) is 0 Å². The Bertz CT molecular complexity index is 536. The minimum atomic E-state index is -0.0248. The number of hydrogen-bond donors (Lipinski definition) is 2. The lowest BCUT2D eigenvalue weighted by Crippen LogP contribution is -2.44. The Morgan fingerprint density at radius 3 is 2.76 bits per heavy atom. The Balaban J connectivity index is 1.29. The summed E-state index contributed by atoms with van der Waals surface area (Å²) < 4.78 is 0. The van der Waals surface area contributed by atoms with Gasteiger partial charge < -0.3 is 20.4 Å². The van der Waals surface area contributed by atoms with Crippen molar-refractivity contribution >= 4 is 11.7 Å². The van der Waals surface area contributed by atoms with E-state index in [-0.39, 0.29) is 6.03 Å². The number of carbonyl (C=O) groups is 1. The number of likely N-dealkylation sites (tertiary alicyclic amines) is 1. The molecule has 25 heavy (non-hydrogen) atoms. The Kier molecular flexibility index (Phi) is 6.56. The highest BCUT2D eigenvalue weighted by atomic mass is 16.2. The van der Waals surface area contributed by atoms with E-state index in [2.05, 4.69) is 51.6 Å². The fourth-order valence-corrected chi connectivity index (χ4v) is 3.99. The average molecular weight is 345 g/mol. The summed E-state index contributed by atoms with van der Waals surface area (Å²) in [6, 6.07) is 10.5. The van der Waals surface area contributed by atoms with E-state index in [4.69, 9.17) is 0 Å². The molecule has 0 saturated carbocycles. The van der Waals surface area contributed by atoms with Gasteiger partial charge in [-0.2, -0.15) is 0 Å². The summed E-state index contributed by atoms with van der Waals surface area (Å²) in [7, 11) is 0. The number of urea groups is 1. The van der Waals surface area contributed by atoms with Crippen molar-refractivity contribution in [3.8, 4) is 0 Å². The summed E-state index contributed by atoms with van der Waals surface area (Å²) in [6.07, 6.45) is 3.76. The van der Waals surface area contributed by atoms with Crippen LogP contribution in [-0.4, -0.2) is 56.7 Å². The highest BCUT2D eigenvalue weighted by Gasteiger charge is 2.23. The standard InChI is InChI=1S/C20H32N4O/c1-17-6-5-11-23(15-17)13-10-21-20(25)22-14-18-9-12-24(16-18)19-7-3-2-4-8-19/h2-4,7-8,17-18H,5-6,9-16H2,1H3,(H2,21,22,25)/t17-,18-/m0/s1. The van der Waals surface area contributed by atoms with Gasteiger partial charge in [-0.3, -0.25) is 0 Å². The predicted octanol–water partition coefficient (Wildman–Crippen LogP) is 2.54. The van der Waals surface area contributed by atoms with Gasteiger partial charge in [0.2, 0.25) is 0 Å². The van der Waals surface area contributed by atoms with Gasteiger partial charge in [0, 0.05) is 45.0 Å². The van der Waals surface area contributed by atoms with Crippen LogP contribution >= 0.6 is 0 Å². The molecule has 2 N–H and O–H groups in total. The highest BCUT2D eigenvalue weighted by molar-refractivity contribution is 5.73. The average Bonchev–Trinajstić information content (AvgIpc) is 3.10. The van der Waals surface area contributed by atoms with Crippen LogP contribution < -0.4 is 15.5 Å². The summed E-state index contributed by atoms with van der Waals surface area (Å²) >= 11 is 0. The van der Waals surface area contributed by atoms with E-state index < -0.39 is 0 Å². The molecule has 2 aliphatic heterocycles. The van der Waals surface area contributed by atoms with Crippen LogP contribution in [-0.2, 0) is 0 Å². The first-order valence-corrected chi connectivity index (χ1v) is 9.75. The molecule has 0 spiro atoms. The number of benzene rings is 1. The summed E-state index contributed by atoms with van der Waals surface area (Å²) in [4.78, 5) is 16.9. The molecule has 0 radical (unpaired) electrons. The number of piperidine rings is 1. The van der Waals surface area contributed by atoms with Gasteiger partial charge in [0.05, 0.1) is 0 Å². The molecule has 0 aliphatic carbocycles. The quantitative estimate of drug-likeness (QED) is 0.834. The van der Waals surface area contributed by atoms with Gasteiger partial charge in [0.15, 0.2) is 0 Å². The molecule has 5 nitrogen and oxygen atoms in total. The molecule has 0 bridgehead atoms. The van der Waals surface area contributed by atoms with Crippen molar-refractivity contribution < 1.29 is 4.79 Å². The molecule has 0 unspecified atom stereocenters. The normalized spacial score (nSPS) is 24.3. The van der Waals surface area contributed by atoms with E-state index in [9.17, 15) is 4.79 Å². The smallest absolute Gasteiger partial charge is 0.314 e. The van der Waals surface area contributed by atoms with Crippen molar-refractivity contribution in [3.63, 3.8) is 0 Å². The minimum Gasteiger partial charge on any atom is -0.371 e. The second-order valence-corrected chi connectivity index (χ2v) is 7.62. The van der Waals surface area contributed by atoms with Crippen LogP contribution in [0.25, 0.3) is 0 Å². The molecule has 2 fully saturated rings. The van der Waals surface area contributed by atoms with Crippen LogP contribution in [0.3, 0.4) is 0 Å². The van der Waals surface area contributed by atoms with Crippen molar-refractivity contribution in [2.75, 3.05) is 50.7 Å². The van der Waals surface area contributed by atoms with Gasteiger partial charge in [-0.15, -0.1) is 0 Å². The summed E-state index contributed by atoms with van der Waals surface area (Å²) in [5.74, 6) is 1.33. The monoisotopic (exact) mass is 344 g/mol. The Morgan fingerprint density at radius 2 is 1.96 bits per heavy atom. The molecule has 2 atom stereocenters. The number of carbonyl (C=O) groups excluding carboxylic acids is 1. The van der Waals surface area contributed by atoms with Crippen LogP contribution in [0.1, 0.15) is 26.2 Å². The number of rotatable bonds is 6. The van der Waals surface area contributed by atoms with Crippen LogP contribution in [0.2, 0.25) is 0 Å². The predicted molar refractivity (Wildman–Crippen MR) is 103 cm³/mol. The molecule has 3 rings (SSSR count). The molecule has 0 aromatic heterocycles. The van der Waals surface area contributed by atoms with E-state index in [1.807, 2.05) is 6.07 Å². The lowest BCUT2D eigenvalue weighted by atomic mass is 10.0. The molecule has 2 aliphatic rings. The molecule has 1 aromatic carbocycles. The maximum absolute atomic E-state index is 12.0. The number of hydrogen-bond acceptors (Lipinski definition) is 3. The van der Waals surface area contributed by atoms with Crippen LogP contribution in [0, 0.1) is 11.8 Å². The van der Waals surface area contributed by atoms with E-state index in [0.29, 0.717) is 5.92 Å². The zero-order chi connectivity index (χ0) is 17.5. The van der Waals surface area contributed by atoms with Gasteiger partial charge >= 0.3 is 6.03 Å².